The molecule has 0 saturated carbocycles. The molecular weight excluding hydrogens is 551 g/mol. The van der Waals surface area contributed by atoms with Crippen molar-refractivity contribution >= 4 is 5.78 Å². The first-order valence-corrected chi connectivity index (χ1v) is 8.65. The number of hydrogen-bond acceptors (Lipinski definition) is 2. The Kier molecular flexibility index (Phi) is 6.45. The summed E-state index contributed by atoms with van der Waals surface area (Å²) in [5.74, 6) is -1.42. The summed E-state index contributed by atoms with van der Waals surface area (Å²) in [5.41, 5.74) is 3.44. The molecule has 1 aromatic heterocycles. The summed E-state index contributed by atoms with van der Waals surface area (Å²) in [6.07, 6.45) is 1.61. The molecule has 146 valence electrons. The number of halogens is 2. The maximum atomic E-state index is 13.9. The van der Waals surface area contributed by atoms with Gasteiger partial charge in [-0.25, -0.2) is 0 Å². The van der Waals surface area contributed by atoms with Crippen LogP contribution in [0.25, 0.3) is 22.4 Å². The molecule has 0 amide bonds. The van der Waals surface area contributed by atoms with Gasteiger partial charge in [0.1, 0.15) is 0 Å². The number of aromatic nitrogens is 1. The molecule has 0 aliphatic rings. The summed E-state index contributed by atoms with van der Waals surface area (Å²) < 4.78 is 26.9. The van der Waals surface area contributed by atoms with Crippen molar-refractivity contribution in [1.29, 1.82) is 0 Å². The van der Waals surface area contributed by atoms with Crippen LogP contribution in [0.1, 0.15) is 15.9 Å². The predicted molar refractivity (Wildman–Crippen MR) is 104 cm³/mol. The summed E-state index contributed by atoms with van der Waals surface area (Å²) >= 11 is 0. The number of hydrogen-bond donors (Lipinski definition) is 0. The maximum Gasteiger partial charge on any atom is 0.193 e. The van der Waals surface area contributed by atoms with Gasteiger partial charge in [0.15, 0.2) is 5.78 Å². The van der Waals surface area contributed by atoms with E-state index in [2.05, 4.69) is 11.1 Å². The van der Waals surface area contributed by atoms with Crippen LogP contribution >= 0.6 is 0 Å². The minimum Gasteiger partial charge on any atom is -0.304 e. The molecule has 29 heavy (non-hydrogen) atoms. The zero-order valence-corrected chi connectivity index (χ0v) is 17.3. The molecule has 3 aromatic carbocycles. The number of carbonyl (C=O) groups is 1. The smallest absolute Gasteiger partial charge is 0.193 e. The molecule has 0 unspecified atom stereocenters. The zero-order chi connectivity index (χ0) is 19.5. The molecule has 0 spiro atoms. The van der Waals surface area contributed by atoms with E-state index in [1.807, 2.05) is 30.3 Å². The Balaban J connectivity index is 0.00000240. The number of benzene rings is 3. The van der Waals surface area contributed by atoms with Crippen molar-refractivity contribution in [2.24, 2.45) is 0 Å². The minimum absolute atomic E-state index is 0. The van der Waals surface area contributed by atoms with E-state index in [1.54, 1.807) is 42.6 Å². The van der Waals surface area contributed by atoms with E-state index in [0.717, 1.165) is 23.3 Å². The Bertz CT molecular complexity index is 1130. The van der Waals surface area contributed by atoms with E-state index in [1.165, 1.54) is 0 Å². The summed E-state index contributed by atoms with van der Waals surface area (Å²) in [5, 5.41) is 0. The fourth-order valence-electron chi connectivity index (χ4n) is 2.92. The van der Waals surface area contributed by atoms with Crippen molar-refractivity contribution in [2.75, 3.05) is 0 Å². The van der Waals surface area contributed by atoms with Crippen LogP contribution in [0.3, 0.4) is 0 Å². The molecule has 0 bridgehead atoms. The third kappa shape index (κ3) is 4.55. The van der Waals surface area contributed by atoms with Gasteiger partial charge in [0, 0.05) is 50.0 Å². The number of ketones is 1. The summed E-state index contributed by atoms with van der Waals surface area (Å²) in [6, 6.07) is 24.2. The standard InChI is InChI=1S/C24H14F2NO.Pt/c25-20-11-12-21(22(26)14-20)23-13-10-19(15-27-23)16-6-8-18(9-7-16)24(28)17-4-2-1-3-5-17;/h1-11,13-15H;/q-1;. The maximum absolute atomic E-state index is 13.9. The number of nitrogens with zero attached hydrogens (tertiary/aromatic N) is 1. The number of rotatable bonds is 4. The SMILES string of the molecule is O=C(c1ccccc1)c1ccc(-c2ccc(-c3[c-]cc(F)cc3F)nc2)cc1.[Pt]. The van der Waals surface area contributed by atoms with E-state index < -0.39 is 11.6 Å². The van der Waals surface area contributed by atoms with E-state index in [0.29, 0.717) is 16.8 Å². The van der Waals surface area contributed by atoms with Gasteiger partial charge in [-0.05, 0) is 16.8 Å². The zero-order valence-electron chi connectivity index (χ0n) is 15.0. The van der Waals surface area contributed by atoms with Gasteiger partial charge in [-0.15, -0.1) is 12.1 Å². The number of pyridine rings is 1. The van der Waals surface area contributed by atoms with Crippen LogP contribution < -0.4 is 0 Å². The molecule has 0 N–H and O–H groups in total. The number of carbonyl (C=O) groups excluding carboxylic acids is 1. The second kappa shape index (κ2) is 9.02. The average molecular weight is 565 g/mol. The third-order valence-corrected chi connectivity index (χ3v) is 4.39. The Morgan fingerprint density at radius 3 is 2.10 bits per heavy atom. The van der Waals surface area contributed by atoms with Gasteiger partial charge in [-0.3, -0.25) is 13.6 Å². The van der Waals surface area contributed by atoms with Crippen molar-refractivity contribution in [3.8, 4) is 22.4 Å². The van der Waals surface area contributed by atoms with E-state index in [4.69, 9.17) is 0 Å². The summed E-state index contributed by atoms with van der Waals surface area (Å²) in [7, 11) is 0. The van der Waals surface area contributed by atoms with Gasteiger partial charge in [-0.2, -0.15) is 0 Å². The first kappa shape index (κ1) is 20.8. The first-order valence-electron chi connectivity index (χ1n) is 8.65. The van der Waals surface area contributed by atoms with Crippen LogP contribution in [0, 0.1) is 17.7 Å². The topological polar surface area (TPSA) is 30.0 Å². The third-order valence-electron chi connectivity index (χ3n) is 4.39. The van der Waals surface area contributed by atoms with Gasteiger partial charge in [0.05, 0.1) is 0 Å². The Morgan fingerprint density at radius 2 is 1.48 bits per heavy atom. The van der Waals surface area contributed by atoms with Gasteiger partial charge >= 0.3 is 0 Å². The molecule has 5 heteroatoms. The van der Waals surface area contributed by atoms with Crippen molar-refractivity contribution in [1.82, 2.24) is 4.98 Å². The van der Waals surface area contributed by atoms with Crippen molar-refractivity contribution in [2.45, 2.75) is 0 Å². The molecule has 0 saturated heterocycles. The fourth-order valence-corrected chi connectivity index (χ4v) is 2.92. The van der Waals surface area contributed by atoms with Crippen molar-refractivity contribution < 1.29 is 34.6 Å². The Hall–Kier alpha value is -2.97. The van der Waals surface area contributed by atoms with Crippen LogP contribution in [-0.4, -0.2) is 10.8 Å². The largest absolute Gasteiger partial charge is 0.304 e. The molecule has 0 atom stereocenters. The monoisotopic (exact) mass is 565 g/mol. The second-order valence-corrected chi connectivity index (χ2v) is 6.25. The Labute approximate surface area is 181 Å². The van der Waals surface area contributed by atoms with Crippen LogP contribution in [0.4, 0.5) is 8.78 Å². The van der Waals surface area contributed by atoms with E-state index >= 15 is 0 Å². The average Bonchev–Trinajstić information content (AvgIpc) is 2.74. The molecular formula is C24H14F2NOPt-. The predicted octanol–water partition coefficient (Wildman–Crippen LogP) is 5.72. The quantitative estimate of drug-likeness (QED) is 0.234. The van der Waals surface area contributed by atoms with Crippen molar-refractivity contribution in [3.05, 3.63) is 114 Å². The molecule has 0 radical (unpaired) electrons. The van der Waals surface area contributed by atoms with E-state index in [9.17, 15) is 13.6 Å². The molecule has 4 rings (SSSR count). The summed E-state index contributed by atoms with van der Waals surface area (Å²) in [6.45, 7) is 0. The van der Waals surface area contributed by atoms with Crippen molar-refractivity contribution in [3.63, 3.8) is 0 Å². The molecule has 0 fully saturated rings. The van der Waals surface area contributed by atoms with Gasteiger partial charge < -0.3 is 4.98 Å². The normalized spacial score (nSPS) is 10.3. The Morgan fingerprint density at radius 1 is 0.828 bits per heavy atom. The van der Waals surface area contributed by atoms with Gasteiger partial charge in [0.2, 0.25) is 0 Å². The van der Waals surface area contributed by atoms with Crippen LogP contribution in [-0.2, 0) is 21.1 Å². The molecule has 0 aliphatic carbocycles. The molecule has 1 heterocycles. The first-order chi connectivity index (χ1) is 13.6. The van der Waals surface area contributed by atoms with Crippen LogP contribution in [0.5, 0.6) is 0 Å². The molecule has 4 aromatic rings. The van der Waals surface area contributed by atoms with Crippen LogP contribution in [0.15, 0.2) is 85.1 Å². The minimum atomic E-state index is -0.705. The molecule has 2 nitrogen and oxygen atoms in total. The second-order valence-electron chi connectivity index (χ2n) is 6.25. The molecule has 0 aliphatic heterocycles. The van der Waals surface area contributed by atoms with E-state index in [-0.39, 0.29) is 32.4 Å². The fraction of sp³-hybridized carbons (Fsp3) is 0. The van der Waals surface area contributed by atoms with Gasteiger partial charge in [-0.1, -0.05) is 78.4 Å². The van der Waals surface area contributed by atoms with Crippen LogP contribution in [0.2, 0.25) is 0 Å². The summed E-state index contributed by atoms with van der Waals surface area (Å²) in [4.78, 5) is 16.7. The van der Waals surface area contributed by atoms with Gasteiger partial charge in [0.25, 0.3) is 0 Å².